The minimum Gasteiger partial charge on any atom is -0.497 e. The van der Waals surface area contributed by atoms with Crippen LogP contribution in [0.1, 0.15) is 0 Å². The Bertz CT molecular complexity index is 1080. The molecule has 0 fully saturated rings. The van der Waals surface area contributed by atoms with Crippen molar-refractivity contribution in [1.29, 1.82) is 0 Å². The van der Waals surface area contributed by atoms with Gasteiger partial charge in [0.2, 0.25) is 0 Å². The molecular weight excluding hydrogens is 292 g/mol. The van der Waals surface area contributed by atoms with E-state index in [9.17, 15) is 4.79 Å². The van der Waals surface area contributed by atoms with Gasteiger partial charge < -0.3 is 10.5 Å². The topological polar surface area (TPSA) is 85.9 Å². The second kappa shape index (κ2) is 4.88. The van der Waals surface area contributed by atoms with Crippen LogP contribution in [0, 0.1) is 0 Å². The van der Waals surface area contributed by atoms with Crippen LogP contribution in [0.15, 0.2) is 53.5 Å². The first-order chi connectivity index (χ1) is 11.2. The lowest BCUT2D eigenvalue weighted by atomic mass is 10.1. The average Bonchev–Trinajstić information content (AvgIpc) is 2.92. The van der Waals surface area contributed by atoms with Crippen LogP contribution in [-0.2, 0) is 0 Å². The second-order valence-electron chi connectivity index (χ2n) is 5.27. The van der Waals surface area contributed by atoms with Crippen LogP contribution in [0.5, 0.6) is 5.75 Å². The molecule has 0 bridgehead atoms. The van der Waals surface area contributed by atoms with Gasteiger partial charge in [0.1, 0.15) is 5.75 Å². The molecular formula is C17H14N4O2. The molecule has 0 radical (unpaired) electrons. The predicted octanol–water partition coefficient (Wildman–Crippen LogP) is 2.46. The third kappa shape index (κ3) is 2.03. The van der Waals surface area contributed by atoms with Crippen LogP contribution in [0.2, 0.25) is 0 Å². The highest BCUT2D eigenvalue weighted by Gasteiger charge is 2.12. The van der Waals surface area contributed by atoms with E-state index in [1.807, 2.05) is 36.4 Å². The first-order valence-corrected chi connectivity index (χ1v) is 7.11. The first kappa shape index (κ1) is 13.4. The van der Waals surface area contributed by atoms with Crippen molar-refractivity contribution in [2.75, 3.05) is 12.8 Å². The molecule has 6 nitrogen and oxygen atoms in total. The zero-order valence-electron chi connectivity index (χ0n) is 12.4. The van der Waals surface area contributed by atoms with E-state index in [4.69, 9.17) is 10.5 Å². The molecule has 0 aliphatic carbocycles. The smallest absolute Gasteiger partial charge is 0.280 e. The van der Waals surface area contributed by atoms with E-state index in [0.29, 0.717) is 11.1 Å². The van der Waals surface area contributed by atoms with Crippen LogP contribution in [0.4, 0.5) is 5.69 Å². The number of nitrogens with one attached hydrogen (secondary N) is 1. The predicted molar refractivity (Wildman–Crippen MR) is 90.2 cm³/mol. The van der Waals surface area contributed by atoms with Crippen LogP contribution in [0.25, 0.3) is 27.5 Å². The number of H-pyrrole nitrogens is 1. The highest BCUT2D eigenvalue weighted by molar-refractivity contribution is 6.03. The standard InChI is InChI=1S/C17H14N4O2/c1-23-12-5-3-11(4-6-12)21-17(22)14-9-19-15-7-2-10(18)8-13(15)16(14)20-21/h2-9,20H,18H2,1H3. The summed E-state index contributed by atoms with van der Waals surface area (Å²) >= 11 is 0. The van der Waals surface area contributed by atoms with Crippen molar-refractivity contribution in [2.24, 2.45) is 0 Å². The van der Waals surface area contributed by atoms with Crippen molar-refractivity contribution in [2.45, 2.75) is 0 Å². The SMILES string of the molecule is COc1ccc(-n2[nH]c3c(cnc4ccc(N)cc43)c2=O)cc1. The van der Waals surface area contributed by atoms with E-state index in [1.54, 1.807) is 19.4 Å². The maximum absolute atomic E-state index is 12.6. The van der Waals surface area contributed by atoms with Gasteiger partial charge in [0.25, 0.3) is 5.56 Å². The monoisotopic (exact) mass is 306 g/mol. The lowest BCUT2D eigenvalue weighted by Crippen LogP contribution is -2.14. The third-order valence-electron chi connectivity index (χ3n) is 3.88. The molecule has 4 aromatic rings. The molecule has 23 heavy (non-hydrogen) atoms. The summed E-state index contributed by atoms with van der Waals surface area (Å²) in [7, 11) is 1.60. The second-order valence-corrected chi connectivity index (χ2v) is 5.27. The van der Waals surface area contributed by atoms with Gasteiger partial charge >= 0.3 is 0 Å². The van der Waals surface area contributed by atoms with Crippen LogP contribution >= 0.6 is 0 Å². The maximum atomic E-state index is 12.6. The van der Waals surface area contributed by atoms with Crippen molar-refractivity contribution < 1.29 is 4.74 Å². The van der Waals surface area contributed by atoms with Gasteiger partial charge in [-0.1, -0.05) is 0 Å². The summed E-state index contributed by atoms with van der Waals surface area (Å²) in [5, 5.41) is 4.51. The highest BCUT2D eigenvalue weighted by Crippen LogP contribution is 2.23. The van der Waals surface area contributed by atoms with Gasteiger partial charge in [-0.25, -0.2) is 4.68 Å². The number of fused-ring (bicyclic) bond motifs is 3. The number of rotatable bonds is 2. The average molecular weight is 306 g/mol. The molecule has 2 aromatic carbocycles. The zero-order valence-corrected chi connectivity index (χ0v) is 12.4. The molecule has 0 saturated heterocycles. The number of nitrogens with zero attached hydrogens (tertiary/aromatic N) is 2. The highest BCUT2D eigenvalue weighted by atomic mass is 16.5. The molecule has 0 aliphatic rings. The van der Waals surface area contributed by atoms with Gasteiger partial charge in [-0.15, -0.1) is 0 Å². The number of aromatic nitrogens is 3. The molecule has 4 rings (SSSR count). The third-order valence-corrected chi connectivity index (χ3v) is 3.88. The summed E-state index contributed by atoms with van der Waals surface area (Å²) in [6.07, 6.45) is 1.59. The molecule has 0 spiro atoms. The Morgan fingerprint density at radius 3 is 2.65 bits per heavy atom. The van der Waals surface area contributed by atoms with Crippen molar-refractivity contribution >= 4 is 27.5 Å². The largest absolute Gasteiger partial charge is 0.497 e. The number of hydrogen-bond acceptors (Lipinski definition) is 4. The summed E-state index contributed by atoms with van der Waals surface area (Å²) in [5.74, 6) is 0.734. The Hall–Kier alpha value is -3.28. The van der Waals surface area contributed by atoms with Gasteiger partial charge in [-0.05, 0) is 42.5 Å². The summed E-state index contributed by atoms with van der Waals surface area (Å²) in [6, 6.07) is 12.7. The number of nitrogens with two attached hydrogens (primary N) is 1. The van der Waals surface area contributed by atoms with Gasteiger partial charge in [0.15, 0.2) is 0 Å². The van der Waals surface area contributed by atoms with E-state index in [-0.39, 0.29) is 5.56 Å². The van der Waals surface area contributed by atoms with E-state index in [1.165, 1.54) is 4.68 Å². The Labute approximate surface area is 131 Å². The minimum atomic E-state index is -0.151. The van der Waals surface area contributed by atoms with Crippen molar-refractivity contribution in [3.05, 3.63) is 59.0 Å². The summed E-state index contributed by atoms with van der Waals surface area (Å²) < 4.78 is 6.64. The number of benzene rings is 2. The van der Waals surface area contributed by atoms with E-state index < -0.39 is 0 Å². The number of hydrogen-bond donors (Lipinski definition) is 2. The van der Waals surface area contributed by atoms with Crippen LogP contribution in [0.3, 0.4) is 0 Å². The fourth-order valence-electron chi connectivity index (χ4n) is 2.69. The quantitative estimate of drug-likeness (QED) is 0.557. The Morgan fingerprint density at radius 2 is 1.91 bits per heavy atom. The van der Waals surface area contributed by atoms with Crippen LogP contribution < -0.4 is 16.0 Å². The molecule has 2 heterocycles. The van der Waals surface area contributed by atoms with Crippen molar-refractivity contribution in [3.63, 3.8) is 0 Å². The molecule has 114 valence electrons. The summed E-state index contributed by atoms with van der Waals surface area (Å²) in [6.45, 7) is 0. The zero-order chi connectivity index (χ0) is 16.0. The van der Waals surface area contributed by atoms with Crippen molar-refractivity contribution in [1.82, 2.24) is 14.8 Å². The summed E-state index contributed by atoms with van der Waals surface area (Å²) in [4.78, 5) is 17.0. The van der Waals surface area contributed by atoms with Gasteiger partial charge in [-0.3, -0.25) is 14.9 Å². The molecule has 3 N–H and O–H groups in total. The van der Waals surface area contributed by atoms with Crippen LogP contribution in [-0.4, -0.2) is 21.9 Å². The molecule has 6 heteroatoms. The molecule has 0 amide bonds. The number of ether oxygens (including phenoxy) is 1. The number of aromatic amines is 1. The minimum absolute atomic E-state index is 0.151. The maximum Gasteiger partial charge on any atom is 0.280 e. The van der Waals surface area contributed by atoms with Gasteiger partial charge in [-0.2, -0.15) is 0 Å². The Kier molecular flexibility index (Phi) is 2.84. The fourth-order valence-corrected chi connectivity index (χ4v) is 2.69. The number of pyridine rings is 1. The number of methoxy groups -OCH3 is 1. The van der Waals surface area contributed by atoms with E-state index >= 15 is 0 Å². The first-order valence-electron chi connectivity index (χ1n) is 7.11. The van der Waals surface area contributed by atoms with E-state index in [2.05, 4.69) is 10.1 Å². The molecule has 0 aliphatic heterocycles. The van der Waals surface area contributed by atoms with Gasteiger partial charge in [0, 0.05) is 17.3 Å². The summed E-state index contributed by atoms with van der Waals surface area (Å²) in [5.41, 5.74) is 8.58. The lowest BCUT2D eigenvalue weighted by Gasteiger charge is -2.03. The fraction of sp³-hybridized carbons (Fsp3) is 0.0588. The van der Waals surface area contributed by atoms with Gasteiger partial charge in [0.05, 0.1) is 29.2 Å². The molecule has 0 unspecified atom stereocenters. The lowest BCUT2D eigenvalue weighted by molar-refractivity contribution is 0.414. The van der Waals surface area contributed by atoms with E-state index in [0.717, 1.165) is 27.9 Å². The molecule has 0 saturated carbocycles. The van der Waals surface area contributed by atoms with Crippen molar-refractivity contribution in [3.8, 4) is 11.4 Å². The normalized spacial score (nSPS) is 11.2. The molecule has 0 atom stereocenters. The Balaban J connectivity index is 2.01. The Morgan fingerprint density at radius 1 is 1.13 bits per heavy atom. The number of anilines is 1. The number of nitrogen functional groups attached to an aromatic ring is 1. The molecule has 2 aromatic heterocycles.